The highest BCUT2D eigenvalue weighted by molar-refractivity contribution is 7.80. The summed E-state index contributed by atoms with van der Waals surface area (Å²) in [6.45, 7) is 0.654. The fraction of sp³-hybridized carbons (Fsp3) is 0.160. The predicted octanol–water partition coefficient (Wildman–Crippen LogP) is 4.45. The molecule has 5 rings (SSSR count). The summed E-state index contributed by atoms with van der Waals surface area (Å²) in [4.78, 5) is 11.1. The number of ether oxygens (including phenoxy) is 1. The average molecular weight is 442 g/mol. The van der Waals surface area contributed by atoms with Gasteiger partial charge in [0.1, 0.15) is 5.75 Å². The number of benzene rings is 1. The summed E-state index contributed by atoms with van der Waals surface area (Å²) in [6.07, 6.45) is 7.57. The van der Waals surface area contributed by atoms with Crippen LogP contribution in [0.5, 0.6) is 5.75 Å². The Morgan fingerprint density at radius 2 is 1.88 bits per heavy atom. The largest absolute Gasteiger partial charge is 0.497 e. The third-order valence-corrected chi connectivity index (χ3v) is 6.06. The Bertz CT molecular complexity index is 1190. The molecular formula is C25H23N5OS. The minimum atomic E-state index is -0.0766. The zero-order chi connectivity index (χ0) is 21.9. The molecule has 0 saturated carbocycles. The number of hydrogen-bond acceptors (Lipinski definition) is 4. The van der Waals surface area contributed by atoms with Gasteiger partial charge in [-0.3, -0.25) is 9.97 Å². The van der Waals surface area contributed by atoms with Gasteiger partial charge >= 0.3 is 0 Å². The maximum Gasteiger partial charge on any atom is 0.170 e. The van der Waals surface area contributed by atoms with Crippen molar-refractivity contribution in [2.24, 2.45) is 0 Å². The molecule has 4 aromatic rings. The van der Waals surface area contributed by atoms with Crippen LogP contribution in [0.1, 0.15) is 29.0 Å². The monoisotopic (exact) mass is 441 g/mol. The van der Waals surface area contributed by atoms with Crippen molar-refractivity contribution in [3.05, 3.63) is 108 Å². The molecule has 1 aromatic carbocycles. The first kappa shape index (κ1) is 20.2. The van der Waals surface area contributed by atoms with Crippen LogP contribution in [-0.2, 0) is 6.54 Å². The summed E-state index contributed by atoms with van der Waals surface area (Å²) in [5.74, 6) is 0.829. The quantitative estimate of drug-likeness (QED) is 0.446. The minimum Gasteiger partial charge on any atom is -0.497 e. The highest BCUT2D eigenvalue weighted by Gasteiger charge is 2.41. The third kappa shape index (κ3) is 3.83. The van der Waals surface area contributed by atoms with E-state index in [9.17, 15) is 0 Å². The normalized spacial score (nSPS) is 17.9. The molecule has 0 aliphatic carbocycles. The lowest BCUT2D eigenvalue weighted by atomic mass is 10.0. The molecule has 0 bridgehead atoms. The SMILES string of the molecule is COc1ccc(-n2cccc2[C@H]2[C@H](c3ccccn3)NC(=S)N2Cc2cccnc2)cc1. The Kier molecular flexibility index (Phi) is 5.56. The van der Waals surface area contributed by atoms with Crippen molar-refractivity contribution in [1.82, 2.24) is 24.8 Å². The van der Waals surface area contributed by atoms with Crippen LogP contribution in [0.3, 0.4) is 0 Å². The number of hydrogen-bond donors (Lipinski definition) is 1. The second-order valence-corrected chi connectivity index (χ2v) is 8.00. The second-order valence-electron chi connectivity index (χ2n) is 7.62. The van der Waals surface area contributed by atoms with E-state index in [1.807, 2.05) is 48.8 Å². The summed E-state index contributed by atoms with van der Waals surface area (Å²) >= 11 is 5.80. The van der Waals surface area contributed by atoms with Crippen LogP contribution in [-0.4, -0.2) is 31.7 Å². The number of rotatable bonds is 6. The molecule has 0 unspecified atom stereocenters. The Hall–Kier alpha value is -3.71. The first-order valence-electron chi connectivity index (χ1n) is 10.4. The van der Waals surface area contributed by atoms with Gasteiger partial charge in [0.2, 0.25) is 0 Å². The molecule has 1 N–H and O–H groups in total. The minimum absolute atomic E-state index is 0.0466. The summed E-state index contributed by atoms with van der Waals surface area (Å²) < 4.78 is 7.53. The maximum absolute atomic E-state index is 5.80. The van der Waals surface area contributed by atoms with Crippen molar-refractivity contribution < 1.29 is 4.74 Å². The highest BCUT2D eigenvalue weighted by atomic mass is 32.1. The predicted molar refractivity (Wildman–Crippen MR) is 128 cm³/mol. The van der Waals surface area contributed by atoms with Crippen molar-refractivity contribution in [3.8, 4) is 11.4 Å². The van der Waals surface area contributed by atoms with Gasteiger partial charge in [0, 0.05) is 42.7 Å². The van der Waals surface area contributed by atoms with Gasteiger partial charge in [-0.15, -0.1) is 0 Å². The number of thiocarbonyl (C=S) groups is 1. The Labute approximate surface area is 192 Å². The average Bonchev–Trinajstić information content (AvgIpc) is 3.45. The van der Waals surface area contributed by atoms with E-state index in [-0.39, 0.29) is 12.1 Å². The van der Waals surface area contributed by atoms with Gasteiger partial charge in [0.05, 0.1) is 24.9 Å². The van der Waals surface area contributed by atoms with E-state index in [4.69, 9.17) is 17.0 Å². The van der Waals surface area contributed by atoms with Gasteiger partial charge in [-0.05, 0) is 72.4 Å². The molecule has 6 nitrogen and oxygen atoms in total. The standard InChI is InChI=1S/C25H23N5OS/c1-31-20-11-9-19(10-12-20)29-15-5-8-22(29)24-23(21-7-2-3-14-27-21)28-25(32)30(24)17-18-6-4-13-26-16-18/h2-16,23-24H,17H2,1H3,(H,28,32)/t23-,24-/m0/s1. The Morgan fingerprint density at radius 3 is 2.59 bits per heavy atom. The van der Waals surface area contributed by atoms with Crippen molar-refractivity contribution in [3.63, 3.8) is 0 Å². The number of nitrogens with one attached hydrogen (secondary N) is 1. The lowest BCUT2D eigenvalue weighted by Gasteiger charge is -2.29. The number of methoxy groups -OCH3 is 1. The first-order valence-corrected chi connectivity index (χ1v) is 10.8. The van der Waals surface area contributed by atoms with Gasteiger partial charge < -0.3 is 19.5 Å². The van der Waals surface area contributed by atoms with E-state index >= 15 is 0 Å². The molecular weight excluding hydrogens is 418 g/mol. The van der Waals surface area contributed by atoms with Gasteiger partial charge in [0.25, 0.3) is 0 Å². The fourth-order valence-electron chi connectivity index (χ4n) is 4.20. The zero-order valence-electron chi connectivity index (χ0n) is 17.6. The highest BCUT2D eigenvalue weighted by Crippen LogP contribution is 2.40. The van der Waals surface area contributed by atoms with Crippen LogP contribution in [0.25, 0.3) is 5.69 Å². The molecule has 0 radical (unpaired) electrons. The van der Waals surface area contributed by atoms with Crippen LogP contribution in [0, 0.1) is 0 Å². The second kappa shape index (κ2) is 8.80. The molecule has 160 valence electrons. The van der Waals surface area contributed by atoms with E-state index < -0.39 is 0 Å². The van der Waals surface area contributed by atoms with Crippen molar-refractivity contribution >= 4 is 17.3 Å². The zero-order valence-corrected chi connectivity index (χ0v) is 18.4. The van der Waals surface area contributed by atoms with Gasteiger partial charge in [-0.1, -0.05) is 12.1 Å². The van der Waals surface area contributed by atoms with Crippen LogP contribution >= 0.6 is 12.2 Å². The van der Waals surface area contributed by atoms with Crippen molar-refractivity contribution in [2.45, 2.75) is 18.6 Å². The molecule has 7 heteroatoms. The summed E-state index contributed by atoms with van der Waals surface area (Å²) in [7, 11) is 1.68. The Balaban J connectivity index is 1.58. The molecule has 1 aliphatic rings. The van der Waals surface area contributed by atoms with E-state index in [2.05, 4.69) is 61.3 Å². The molecule has 2 atom stereocenters. The van der Waals surface area contributed by atoms with Crippen molar-refractivity contribution in [1.29, 1.82) is 0 Å². The van der Waals surface area contributed by atoms with Gasteiger partial charge in [-0.2, -0.15) is 0 Å². The molecule has 1 saturated heterocycles. The molecule has 32 heavy (non-hydrogen) atoms. The van der Waals surface area contributed by atoms with Crippen LogP contribution in [0.4, 0.5) is 0 Å². The first-order chi connectivity index (χ1) is 15.7. The van der Waals surface area contributed by atoms with Crippen LogP contribution in [0.2, 0.25) is 0 Å². The topological polar surface area (TPSA) is 55.2 Å². The number of pyridine rings is 2. The van der Waals surface area contributed by atoms with E-state index in [0.29, 0.717) is 11.7 Å². The molecule has 3 aromatic heterocycles. The smallest absolute Gasteiger partial charge is 0.170 e. The van der Waals surface area contributed by atoms with Gasteiger partial charge in [-0.25, -0.2) is 0 Å². The number of nitrogens with zero attached hydrogens (tertiary/aromatic N) is 4. The molecule has 1 fully saturated rings. The molecule has 1 aliphatic heterocycles. The van der Waals surface area contributed by atoms with Gasteiger partial charge in [0.15, 0.2) is 5.11 Å². The molecule has 0 amide bonds. The third-order valence-electron chi connectivity index (χ3n) is 5.71. The summed E-state index contributed by atoms with van der Waals surface area (Å²) in [5, 5.41) is 4.22. The fourth-order valence-corrected chi connectivity index (χ4v) is 4.50. The number of aromatic nitrogens is 3. The molecule has 4 heterocycles. The summed E-state index contributed by atoms with van der Waals surface area (Å²) in [5.41, 5.74) is 4.24. The van der Waals surface area contributed by atoms with Crippen molar-refractivity contribution in [2.75, 3.05) is 7.11 Å². The van der Waals surface area contributed by atoms with E-state index in [1.165, 1.54) is 0 Å². The van der Waals surface area contributed by atoms with Crippen LogP contribution < -0.4 is 10.1 Å². The van der Waals surface area contributed by atoms with Crippen LogP contribution in [0.15, 0.2) is 91.5 Å². The van der Waals surface area contributed by atoms with E-state index in [1.54, 1.807) is 13.3 Å². The Morgan fingerprint density at radius 1 is 1.00 bits per heavy atom. The lowest BCUT2D eigenvalue weighted by Crippen LogP contribution is -2.30. The lowest BCUT2D eigenvalue weighted by molar-refractivity contribution is 0.302. The van der Waals surface area contributed by atoms with E-state index in [0.717, 1.165) is 28.4 Å². The summed E-state index contributed by atoms with van der Waals surface area (Å²) in [6, 6.07) is 22.2. The molecule has 0 spiro atoms. The maximum atomic E-state index is 5.80.